The Bertz CT molecular complexity index is 599. The van der Waals surface area contributed by atoms with Crippen molar-refractivity contribution >= 4 is 17.6 Å². The summed E-state index contributed by atoms with van der Waals surface area (Å²) >= 11 is 0. The van der Waals surface area contributed by atoms with E-state index in [4.69, 9.17) is 5.11 Å². The highest BCUT2D eigenvalue weighted by molar-refractivity contribution is 5.96. The van der Waals surface area contributed by atoms with E-state index in [0.29, 0.717) is 18.4 Å². The molecule has 0 saturated heterocycles. The quantitative estimate of drug-likeness (QED) is 0.650. The first kappa shape index (κ1) is 15.0. The molecule has 1 aliphatic carbocycles. The van der Waals surface area contributed by atoms with Crippen molar-refractivity contribution in [3.05, 3.63) is 39.4 Å². The molecule has 0 aliphatic heterocycles. The fourth-order valence-corrected chi connectivity index (χ4v) is 2.64. The number of hydrogen-bond acceptors (Lipinski definition) is 4. The Hall–Kier alpha value is -2.44. The van der Waals surface area contributed by atoms with Crippen LogP contribution in [0.25, 0.3) is 0 Å². The van der Waals surface area contributed by atoms with E-state index >= 15 is 0 Å². The van der Waals surface area contributed by atoms with E-state index in [9.17, 15) is 19.7 Å². The average molecular weight is 292 g/mol. The van der Waals surface area contributed by atoms with E-state index in [-0.39, 0.29) is 11.3 Å². The van der Waals surface area contributed by atoms with Crippen LogP contribution in [0.3, 0.4) is 0 Å². The summed E-state index contributed by atoms with van der Waals surface area (Å²) in [6, 6.07) is 3.64. The molecule has 1 aliphatic rings. The number of hydrogen-bond donors (Lipinski definition) is 2. The lowest BCUT2D eigenvalue weighted by Gasteiger charge is -2.18. The van der Waals surface area contributed by atoms with Gasteiger partial charge in [-0.3, -0.25) is 19.7 Å². The Morgan fingerprint density at radius 3 is 2.71 bits per heavy atom. The van der Waals surface area contributed by atoms with Gasteiger partial charge in [0.25, 0.3) is 11.6 Å². The van der Waals surface area contributed by atoms with E-state index in [1.54, 1.807) is 6.92 Å². The molecule has 7 nitrogen and oxygen atoms in total. The Morgan fingerprint density at radius 2 is 2.10 bits per heavy atom. The van der Waals surface area contributed by atoms with Gasteiger partial charge in [-0.2, -0.15) is 0 Å². The van der Waals surface area contributed by atoms with E-state index in [1.807, 2.05) is 0 Å². The molecule has 21 heavy (non-hydrogen) atoms. The van der Waals surface area contributed by atoms with Crippen LogP contribution in [-0.4, -0.2) is 27.9 Å². The van der Waals surface area contributed by atoms with Crippen LogP contribution in [0, 0.1) is 23.0 Å². The molecule has 1 aromatic carbocycles. The van der Waals surface area contributed by atoms with Crippen molar-refractivity contribution < 1.29 is 19.6 Å². The van der Waals surface area contributed by atoms with Gasteiger partial charge in [0.15, 0.2) is 0 Å². The molecular weight excluding hydrogens is 276 g/mol. The molecule has 7 heteroatoms. The molecular formula is C14H16N2O5. The molecule has 2 rings (SSSR count). The smallest absolute Gasteiger partial charge is 0.308 e. The number of carbonyl (C=O) groups excluding carboxylic acids is 1. The molecule has 0 spiro atoms. The molecule has 112 valence electrons. The third-order valence-corrected chi connectivity index (χ3v) is 3.83. The van der Waals surface area contributed by atoms with Gasteiger partial charge in [0, 0.05) is 23.7 Å². The molecule has 1 aromatic rings. The normalized spacial score (nSPS) is 21.0. The van der Waals surface area contributed by atoms with Crippen LogP contribution < -0.4 is 5.32 Å². The summed E-state index contributed by atoms with van der Waals surface area (Å²) < 4.78 is 0. The number of carbonyl (C=O) groups is 2. The van der Waals surface area contributed by atoms with Gasteiger partial charge in [0.05, 0.1) is 10.8 Å². The third kappa shape index (κ3) is 3.18. The highest BCUT2D eigenvalue weighted by atomic mass is 16.6. The predicted octanol–water partition coefficient (Wildman–Crippen LogP) is 1.89. The van der Waals surface area contributed by atoms with Gasteiger partial charge in [-0.25, -0.2) is 0 Å². The van der Waals surface area contributed by atoms with Crippen LogP contribution in [0.15, 0.2) is 18.2 Å². The second kappa shape index (κ2) is 5.90. The molecule has 0 radical (unpaired) electrons. The van der Waals surface area contributed by atoms with Crippen molar-refractivity contribution in [2.75, 3.05) is 0 Å². The summed E-state index contributed by atoms with van der Waals surface area (Å²) in [7, 11) is 0. The molecule has 2 N–H and O–H groups in total. The maximum atomic E-state index is 12.2. The van der Waals surface area contributed by atoms with Crippen LogP contribution in [0.4, 0.5) is 5.69 Å². The van der Waals surface area contributed by atoms with Crippen molar-refractivity contribution in [2.24, 2.45) is 5.92 Å². The number of carboxylic acid groups (broad SMARTS) is 1. The fourth-order valence-electron chi connectivity index (χ4n) is 2.64. The van der Waals surface area contributed by atoms with Crippen molar-refractivity contribution in [1.29, 1.82) is 0 Å². The third-order valence-electron chi connectivity index (χ3n) is 3.83. The molecule has 1 fully saturated rings. The Labute approximate surface area is 121 Å². The Morgan fingerprint density at radius 1 is 1.38 bits per heavy atom. The summed E-state index contributed by atoms with van der Waals surface area (Å²) in [4.78, 5) is 33.5. The number of non-ortho nitro benzene ring substituents is 1. The largest absolute Gasteiger partial charge is 0.481 e. The zero-order valence-electron chi connectivity index (χ0n) is 11.5. The van der Waals surface area contributed by atoms with Gasteiger partial charge >= 0.3 is 5.97 Å². The summed E-state index contributed by atoms with van der Waals surface area (Å²) in [5, 5.41) is 22.6. The minimum atomic E-state index is -0.923. The lowest BCUT2D eigenvalue weighted by Crippen LogP contribution is -2.40. The van der Waals surface area contributed by atoms with Gasteiger partial charge in [-0.1, -0.05) is 12.5 Å². The number of carboxylic acids is 1. The topological polar surface area (TPSA) is 110 Å². The van der Waals surface area contributed by atoms with Crippen molar-refractivity contribution in [2.45, 2.75) is 32.2 Å². The number of benzene rings is 1. The van der Waals surface area contributed by atoms with Crippen LogP contribution >= 0.6 is 0 Å². The van der Waals surface area contributed by atoms with Crippen LogP contribution in [-0.2, 0) is 4.79 Å². The van der Waals surface area contributed by atoms with Gasteiger partial charge in [0.1, 0.15) is 0 Å². The summed E-state index contributed by atoms with van der Waals surface area (Å²) in [6.45, 7) is 1.68. The van der Waals surface area contributed by atoms with Crippen LogP contribution in [0.5, 0.6) is 0 Å². The lowest BCUT2D eigenvalue weighted by molar-refractivity contribution is -0.384. The second-order valence-electron chi connectivity index (χ2n) is 5.21. The van der Waals surface area contributed by atoms with Crippen molar-refractivity contribution in [1.82, 2.24) is 5.32 Å². The highest BCUT2D eigenvalue weighted by Crippen LogP contribution is 2.26. The predicted molar refractivity (Wildman–Crippen MR) is 74.1 cm³/mol. The number of amides is 1. The van der Waals surface area contributed by atoms with Gasteiger partial charge < -0.3 is 10.4 Å². The van der Waals surface area contributed by atoms with E-state index in [0.717, 1.165) is 6.42 Å². The zero-order chi connectivity index (χ0) is 15.6. The van der Waals surface area contributed by atoms with Crippen molar-refractivity contribution in [3.8, 4) is 0 Å². The van der Waals surface area contributed by atoms with Gasteiger partial charge in [-0.05, 0) is 25.3 Å². The van der Waals surface area contributed by atoms with Crippen molar-refractivity contribution in [3.63, 3.8) is 0 Å². The first-order chi connectivity index (χ1) is 9.90. The number of aliphatic carboxylic acids is 1. The average Bonchev–Trinajstić information content (AvgIpc) is 2.87. The summed E-state index contributed by atoms with van der Waals surface area (Å²) in [5.41, 5.74) is 0.662. The van der Waals surface area contributed by atoms with Gasteiger partial charge in [-0.15, -0.1) is 0 Å². The lowest BCUT2D eigenvalue weighted by atomic mass is 10.0. The first-order valence-corrected chi connectivity index (χ1v) is 6.69. The number of rotatable bonds is 4. The Kier molecular flexibility index (Phi) is 4.21. The number of aryl methyl sites for hydroxylation is 1. The number of nitrogens with zero attached hydrogens (tertiary/aromatic N) is 1. The summed E-state index contributed by atoms with van der Waals surface area (Å²) in [5.74, 6) is -1.98. The summed E-state index contributed by atoms with van der Waals surface area (Å²) in [6.07, 6.45) is 1.89. The SMILES string of the molecule is Cc1ccc([N+](=O)[O-])cc1C(=O)N[C@@H]1CCC[C@@H]1C(=O)O. The molecule has 2 atom stereocenters. The molecule has 1 amide bonds. The number of nitro groups is 1. The standard InChI is InChI=1S/C14H16N2O5/c1-8-5-6-9(16(20)21)7-11(8)13(17)15-12-4-2-3-10(12)14(18)19/h5-7,10,12H,2-4H2,1H3,(H,15,17)(H,18,19)/t10-,12+/m0/s1. The maximum Gasteiger partial charge on any atom is 0.308 e. The Balaban J connectivity index is 2.18. The number of nitro benzene ring substituents is 1. The molecule has 0 bridgehead atoms. The maximum absolute atomic E-state index is 12.2. The highest BCUT2D eigenvalue weighted by Gasteiger charge is 2.34. The fraction of sp³-hybridized carbons (Fsp3) is 0.429. The van der Waals surface area contributed by atoms with Crippen LogP contribution in [0.1, 0.15) is 35.2 Å². The molecule has 0 aromatic heterocycles. The van der Waals surface area contributed by atoms with Gasteiger partial charge in [0.2, 0.25) is 0 Å². The molecule has 0 unspecified atom stereocenters. The minimum Gasteiger partial charge on any atom is -0.481 e. The monoisotopic (exact) mass is 292 g/mol. The molecule has 1 saturated carbocycles. The zero-order valence-corrected chi connectivity index (χ0v) is 11.5. The van der Waals surface area contributed by atoms with E-state index in [2.05, 4.69) is 5.32 Å². The second-order valence-corrected chi connectivity index (χ2v) is 5.21. The first-order valence-electron chi connectivity index (χ1n) is 6.69. The molecule has 0 heterocycles. The number of nitrogens with one attached hydrogen (secondary N) is 1. The van der Waals surface area contributed by atoms with Crippen LogP contribution in [0.2, 0.25) is 0 Å². The van der Waals surface area contributed by atoms with E-state index in [1.165, 1.54) is 18.2 Å². The van der Waals surface area contributed by atoms with E-state index < -0.39 is 28.8 Å². The minimum absolute atomic E-state index is 0.160.